The molecule has 2 heterocycles. The largest absolute Gasteiger partial charge is 0.493 e. The first-order chi connectivity index (χ1) is 8.83. The van der Waals surface area contributed by atoms with Gasteiger partial charge >= 0.3 is 0 Å². The maximum absolute atomic E-state index is 5.51. The monoisotopic (exact) mass is 243 g/mol. The van der Waals surface area contributed by atoms with Gasteiger partial charge in [-0.15, -0.1) is 0 Å². The van der Waals surface area contributed by atoms with Crippen LogP contribution in [0.2, 0.25) is 0 Å². The number of fused-ring (bicyclic) bond motifs is 1. The number of rotatable bonds is 4. The van der Waals surface area contributed by atoms with Crippen LogP contribution in [0.1, 0.15) is 29.7 Å². The van der Waals surface area contributed by atoms with Crippen molar-refractivity contribution in [2.75, 3.05) is 6.61 Å². The van der Waals surface area contributed by atoms with Crippen molar-refractivity contribution in [1.29, 1.82) is 0 Å². The average Bonchev–Trinajstić information content (AvgIpc) is 3.05. The summed E-state index contributed by atoms with van der Waals surface area (Å²) in [4.78, 5) is 0. The first kappa shape index (κ1) is 11.3. The maximum atomic E-state index is 5.51. The van der Waals surface area contributed by atoms with Gasteiger partial charge in [0.2, 0.25) is 0 Å². The Hall–Kier alpha value is -1.81. The molecule has 0 aliphatic carbocycles. The second kappa shape index (κ2) is 4.82. The van der Waals surface area contributed by atoms with Gasteiger partial charge in [-0.3, -0.25) is 5.10 Å². The number of nitrogens with one attached hydrogen (secondary N) is 2. The van der Waals surface area contributed by atoms with E-state index in [2.05, 4.69) is 40.6 Å². The van der Waals surface area contributed by atoms with E-state index in [-0.39, 0.29) is 0 Å². The fourth-order valence-corrected chi connectivity index (χ4v) is 2.24. The molecule has 1 aliphatic rings. The Labute approximate surface area is 106 Å². The summed E-state index contributed by atoms with van der Waals surface area (Å²) in [6.07, 6.45) is 4.81. The summed E-state index contributed by atoms with van der Waals surface area (Å²) in [5.74, 6) is 1.04. The Morgan fingerprint density at radius 2 is 2.44 bits per heavy atom. The Kier molecular flexibility index (Phi) is 3.02. The summed E-state index contributed by atoms with van der Waals surface area (Å²) >= 11 is 0. The highest BCUT2D eigenvalue weighted by molar-refractivity contribution is 5.39. The molecule has 0 radical (unpaired) electrons. The minimum atomic E-state index is 0.299. The maximum Gasteiger partial charge on any atom is 0.122 e. The third-order valence-electron chi connectivity index (χ3n) is 3.39. The summed E-state index contributed by atoms with van der Waals surface area (Å²) in [5.41, 5.74) is 3.80. The predicted octanol–water partition coefficient (Wildman–Crippen LogP) is 2.20. The molecule has 1 aliphatic heterocycles. The number of aromatic nitrogens is 2. The van der Waals surface area contributed by atoms with Crippen molar-refractivity contribution in [1.82, 2.24) is 15.5 Å². The van der Waals surface area contributed by atoms with Crippen LogP contribution in [0.15, 0.2) is 30.6 Å². The van der Waals surface area contributed by atoms with Crippen molar-refractivity contribution >= 4 is 0 Å². The van der Waals surface area contributed by atoms with Crippen LogP contribution in [0.5, 0.6) is 5.75 Å². The Balaban J connectivity index is 1.63. The van der Waals surface area contributed by atoms with E-state index in [1.54, 1.807) is 0 Å². The molecule has 3 rings (SSSR count). The van der Waals surface area contributed by atoms with Gasteiger partial charge in [0.15, 0.2) is 0 Å². The van der Waals surface area contributed by atoms with Crippen molar-refractivity contribution < 1.29 is 4.74 Å². The van der Waals surface area contributed by atoms with Crippen LogP contribution in [-0.2, 0) is 13.0 Å². The lowest BCUT2D eigenvalue weighted by Gasteiger charge is -2.12. The number of benzene rings is 1. The number of hydrogen-bond acceptors (Lipinski definition) is 3. The van der Waals surface area contributed by atoms with Crippen molar-refractivity contribution in [3.63, 3.8) is 0 Å². The molecule has 0 fully saturated rings. The lowest BCUT2D eigenvalue weighted by atomic mass is 10.1. The molecule has 0 saturated heterocycles. The predicted molar refractivity (Wildman–Crippen MR) is 69.5 cm³/mol. The highest BCUT2D eigenvalue weighted by Crippen LogP contribution is 2.26. The van der Waals surface area contributed by atoms with E-state index in [0.717, 1.165) is 25.3 Å². The van der Waals surface area contributed by atoms with Crippen LogP contribution >= 0.6 is 0 Å². The smallest absolute Gasteiger partial charge is 0.122 e. The van der Waals surface area contributed by atoms with Gasteiger partial charge in [-0.05, 0) is 24.1 Å². The summed E-state index contributed by atoms with van der Waals surface area (Å²) in [6.45, 7) is 3.82. The van der Waals surface area contributed by atoms with Crippen LogP contribution in [-0.4, -0.2) is 16.8 Å². The third-order valence-corrected chi connectivity index (χ3v) is 3.39. The number of ether oxygens (including phenoxy) is 1. The van der Waals surface area contributed by atoms with Crippen LogP contribution in [0, 0.1) is 0 Å². The minimum Gasteiger partial charge on any atom is -0.493 e. The summed E-state index contributed by atoms with van der Waals surface area (Å²) in [5, 5.41) is 10.3. The zero-order chi connectivity index (χ0) is 12.4. The van der Waals surface area contributed by atoms with E-state index in [1.165, 1.54) is 16.7 Å². The molecule has 1 aromatic heterocycles. The number of H-pyrrole nitrogens is 1. The molecule has 0 amide bonds. The lowest BCUT2D eigenvalue weighted by molar-refractivity contribution is 0.357. The molecule has 1 atom stereocenters. The van der Waals surface area contributed by atoms with E-state index in [4.69, 9.17) is 4.74 Å². The van der Waals surface area contributed by atoms with Crippen molar-refractivity contribution in [2.45, 2.75) is 25.9 Å². The van der Waals surface area contributed by atoms with Gasteiger partial charge in [0.05, 0.1) is 12.8 Å². The van der Waals surface area contributed by atoms with Gasteiger partial charge in [-0.1, -0.05) is 12.1 Å². The molecule has 2 N–H and O–H groups in total. The minimum absolute atomic E-state index is 0.299. The molecule has 0 spiro atoms. The fraction of sp³-hybridized carbons (Fsp3) is 0.357. The van der Waals surface area contributed by atoms with Gasteiger partial charge < -0.3 is 10.1 Å². The van der Waals surface area contributed by atoms with Crippen molar-refractivity contribution in [3.05, 3.63) is 47.3 Å². The quantitative estimate of drug-likeness (QED) is 0.865. The van der Waals surface area contributed by atoms with E-state index >= 15 is 0 Å². The second-order valence-electron chi connectivity index (χ2n) is 4.67. The summed E-state index contributed by atoms with van der Waals surface area (Å²) < 4.78 is 5.51. The number of hydrogen-bond donors (Lipinski definition) is 2. The van der Waals surface area contributed by atoms with E-state index in [9.17, 15) is 0 Å². The summed E-state index contributed by atoms with van der Waals surface area (Å²) in [7, 11) is 0. The van der Waals surface area contributed by atoms with Gasteiger partial charge in [-0.2, -0.15) is 5.10 Å². The second-order valence-corrected chi connectivity index (χ2v) is 4.67. The molecular weight excluding hydrogens is 226 g/mol. The highest BCUT2D eigenvalue weighted by Gasteiger charge is 2.12. The zero-order valence-electron chi connectivity index (χ0n) is 10.4. The topological polar surface area (TPSA) is 49.9 Å². The van der Waals surface area contributed by atoms with E-state index < -0.39 is 0 Å². The summed E-state index contributed by atoms with van der Waals surface area (Å²) in [6, 6.07) is 6.73. The third kappa shape index (κ3) is 2.24. The van der Waals surface area contributed by atoms with E-state index in [1.807, 2.05) is 12.4 Å². The van der Waals surface area contributed by atoms with Crippen molar-refractivity contribution in [2.24, 2.45) is 0 Å². The van der Waals surface area contributed by atoms with Crippen LogP contribution in [0.25, 0.3) is 0 Å². The molecule has 0 saturated carbocycles. The lowest BCUT2D eigenvalue weighted by Crippen LogP contribution is -2.17. The van der Waals surface area contributed by atoms with E-state index in [0.29, 0.717) is 6.04 Å². The molecule has 4 nitrogen and oxygen atoms in total. The Morgan fingerprint density at radius 3 is 3.28 bits per heavy atom. The molecule has 1 unspecified atom stereocenters. The molecule has 4 heteroatoms. The van der Waals surface area contributed by atoms with Gasteiger partial charge in [0.1, 0.15) is 5.75 Å². The van der Waals surface area contributed by atoms with Gasteiger partial charge in [-0.25, -0.2) is 0 Å². The first-order valence-electron chi connectivity index (χ1n) is 6.29. The average molecular weight is 243 g/mol. The molecular formula is C14H17N3O. The van der Waals surface area contributed by atoms with Crippen molar-refractivity contribution in [3.8, 4) is 5.75 Å². The normalized spacial score (nSPS) is 15.2. The first-order valence-corrected chi connectivity index (χ1v) is 6.29. The van der Waals surface area contributed by atoms with Crippen LogP contribution < -0.4 is 10.1 Å². The standard InChI is InChI=1S/C14H17N3O/c1-10(13-8-16-17-9-13)15-7-11-2-3-14-12(6-11)4-5-18-14/h2-3,6,8-10,15H,4-5,7H2,1H3,(H,16,17). The number of aromatic amines is 1. The Bertz CT molecular complexity index is 522. The number of nitrogens with zero attached hydrogens (tertiary/aromatic N) is 1. The molecule has 18 heavy (non-hydrogen) atoms. The van der Waals surface area contributed by atoms with Crippen LogP contribution in [0.4, 0.5) is 0 Å². The van der Waals surface area contributed by atoms with Gasteiger partial charge in [0, 0.05) is 30.8 Å². The molecule has 94 valence electrons. The molecule has 1 aromatic carbocycles. The molecule has 2 aromatic rings. The molecule has 0 bridgehead atoms. The fourth-order valence-electron chi connectivity index (χ4n) is 2.24. The zero-order valence-corrected chi connectivity index (χ0v) is 10.4. The van der Waals surface area contributed by atoms with Gasteiger partial charge in [0.25, 0.3) is 0 Å². The SMILES string of the molecule is CC(NCc1ccc2c(c1)CCO2)c1cn[nH]c1. The van der Waals surface area contributed by atoms with Crippen LogP contribution in [0.3, 0.4) is 0 Å². The highest BCUT2D eigenvalue weighted by atomic mass is 16.5. The Morgan fingerprint density at radius 1 is 1.50 bits per heavy atom.